The van der Waals surface area contributed by atoms with Crippen molar-refractivity contribution in [3.8, 4) is 5.75 Å². The number of nitrogens with zero attached hydrogens (tertiary/aromatic N) is 3. The first kappa shape index (κ1) is 26.2. The van der Waals surface area contributed by atoms with Gasteiger partial charge in [-0.05, 0) is 37.1 Å². The minimum atomic E-state index is -0.856. The molecule has 0 radical (unpaired) electrons. The van der Waals surface area contributed by atoms with E-state index in [1.54, 1.807) is 21.9 Å². The molecule has 5 rings (SSSR count). The van der Waals surface area contributed by atoms with Crippen LogP contribution >= 0.6 is 0 Å². The molecule has 9 heteroatoms. The van der Waals surface area contributed by atoms with Crippen molar-refractivity contribution in [2.45, 2.75) is 30.8 Å². The van der Waals surface area contributed by atoms with Crippen LogP contribution in [-0.2, 0) is 16.0 Å². The monoisotopic (exact) mass is 520 g/mol. The molecule has 0 saturated carbocycles. The predicted octanol–water partition coefficient (Wildman–Crippen LogP) is 1.76. The number of ketones is 1. The number of carbonyl (C=O) groups excluding carboxylic acids is 3. The summed E-state index contributed by atoms with van der Waals surface area (Å²) >= 11 is 0. The number of benzene rings is 2. The summed E-state index contributed by atoms with van der Waals surface area (Å²) in [6.07, 6.45) is 1.50. The van der Waals surface area contributed by atoms with Gasteiger partial charge in [-0.2, -0.15) is 0 Å². The number of hydrogen-bond acceptors (Lipinski definition) is 7. The summed E-state index contributed by atoms with van der Waals surface area (Å²) in [5, 5.41) is 14.4. The summed E-state index contributed by atoms with van der Waals surface area (Å²) in [4.78, 5) is 45.3. The van der Waals surface area contributed by atoms with E-state index in [1.807, 2.05) is 37.4 Å². The average Bonchev–Trinajstić information content (AvgIpc) is 3.35. The molecule has 2 saturated heterocycles. The summed E-state index contributed by atoms with van der Waals surface area (Å²) < 4.78 is 5.55. The summed E-state index contributed by atoms with van der Waals surface area (Å²) in [6, 6.07) is 13.3. The number of likely N-dealkylation sites (N-methyl/N-ethyl adjacent to an activating group) is 1. The Morgan fingerprint density at radius 2 is 1.68 bits per heavy atom. The van der Waals surface area contributed by atoms with E-state index in [-0.39, 0.29) is 5.91 Å². The van der Waals surface area contributed by atoms with Gasteiger partial charge in [0.1, 0.15) is 5.75 Å². The number of aliphatic hydroxyl groups is 1. The minimum absolute atomic E-state index is 0.199. The van der Waals surface area contributed by atoms with Crippen LogP contribution in [0.15, 0.2) is 42.5 Å². The van der Waals surface area contributed by atoms with Crippen LogP contribution in [-0.4, -0.2) is 103 Å². The molecule has 3 heterocycles. The maximum Gasteiger partial charge on any atom is 0.290 e. The fourth-order valence-electron chi connectivity index (χ4n) is 5.69. The minimum Gasteiger partial charge on any atom is -0.496 e. The van der Waals surface area contributed by atoms with Crippen molar-refractivity contribution in [1.82, 2.24) is 14.7 Å². The van der Waals surface area contributed by atoms with Gasteiger partial charge in [-0.15, -0.1) is 0 Å². The van der Waals surface area contributed by atoms with Gasteiger partial charge in [-0.3, -0.25) is 14.4 Å². The number of hydrogen-bond donors (Lipinski definition) is 2. The lowest BCUT2D eigenvalue weighted by Crippen LogP contribution is -2.50. The van der Waals surface area contributed by atoms with Gasteiger partial charge in [-0.1, -0.05) is 30.3 Å². The second kappa shape index (κ2) is 10.7. The van der Waals surface area contributed by atoms with Gasteiger partial charge in [0.25, 0.3) is 11.8 Å². The highest BCUT2D eigenvalue weighted by molar-refractivity contribution is 6.38. The van der Waals surface area contributed by atoms with Crippen molar-refractivity contribution in [3.05, 3.63) is 59.2 Å². The van der Waals surface area contributed by atoms with E-state index in [1.165, 1.54) is 7.11 Å². The molecule has 2 aromatic carbocycles. The maximum absolute atomic E-state index is 13.6. The summed E-state index contributed by atoms with van der Waals surface area (Å²) in [5.74, 6) is -1.34. The number of methoxy groups -OCH3 is 1. The molecule has 1 unspecified atom stereocenters. The van der Waals surface area contributed by atoms with Crippen LogP contribution in [0.2, 0.25) is 0 Å². The third kappa shape index (κ3) is 5.26. The zero-order valence-corrected chi connectivity index (χ0v) is 22.1. The lowest BCUT2D eigenvalue weighted by Gasteiger charge is -2.38. The van der Waals surface area contributed by atoms with E-state index in [4.69, 9.17) is 4.74 Å². The van der Waals surface area contributed by atoms with E-state index in [0.717, 1.165) is 18.7 Å². The first-order chi connectivity index (χ1) is 18.3. The molecule has 1 atom stereocenters. The van der Waals surface area contributed by atoms with Crippen LogP contribution in [0.3, 0.4) is 0 Å². The number of piperidine rings is 1. The lowest BCUT2D eigenvalue weighted by molar-refractivity contribution is -0.146. The van der Waals surface area contributed by atoms with Crippen molar-refractivity contribution in [3.63, 3.8) is 0 Å². The van der Waals surface area contributed by atoms with Crippen molar-refractivity contribution in [2.24, 2.45) is 0 Å². The molecule has 0 aliphatic carbocycles. The summed E-state index contributed by atoms with van der Waals surface area (Å²) in [5.41, 5.74) is 1.95. The van der Waals surface area contributed by atoms with Gasteiger partial charge in [0.2, 0.25) is 5.78 Å². The first-order valence-electron chi connectivity index (χ1n) is 13.3. The lowest BCUT2D eigenvalue weighted by atomic mass is 9.85. The molecule has 2 fully saturated rings. The van der Waals surface area contributed by atoms with Gasteiger partial charge in [0, 0.05) is 64.0 Å². The number of piperazine rings is 1. The third-order valence-corrected chi connectivity index (χ3v) is 8.15. The highest BCUT2D eigenvalue weighted by Gasteiger charge is 2.39. The normalized spacial score (nSPS) is 21.0. The van der Waals surface area contributed by atoms with Crippen LogP contribution in [0.4, 0.5) is 5.69 Å². The number of nitrogens with one attached hydrogen (secondary N) is 1. The molecule has 202 valence electrons. The van der Waals surface area contributed by atoms with Crippen LogP contribution < -0.4 is 10.1 Å². The van der Waals surface area contributed by atoms with Gasteiger partial charge in [0.05, 0.1) is 24.2 Å². The van der Waals surface area contributed by atoms with Crippen molar-refractivity contribution in [2.75, 3.05) is 65.3 Å². The van der Waals surface area contributed by atoms with E-state index < -0.39 is 23.2 Å². The first-order valence-corrected chi connectivity index (χ1v) is 13.3. The molecular formula is C29H36N4O5. The molecule has 2 amide bonds. The smallest absolute Gasteiger partial charge is 0.290 e. The van der Waals surface area contributed by atoms with E-state index in [2.05, 4.69) is 10.2 Å². The number of ether oxygens (including phenoxy) is 1. The molecule has 0 spiro atoms. The fourth-order valence-corrected chi connectivity index (χ4v) is 5.69. The van der Waals surface area contributed by atoms with Crippen molar-refractivity contribution >= 4 is 23.3 Å². The summed E-state index contributed by atoms with van der Waals surface area (Å²) in [6.45, 7) is 3.70. The Kier molecular flexibility index (Phi) is 7.40. The molecule has 2 aromatic rings. The Morgan fingerprint density at radius 3 is 2.34 bits per heavy atom. The molecule has 0 aromatic heterocycles. The number of fused-ring (bicyclic) bond motifs is 1. The number of rotatable bonds is 6. The second-order valence-electron chi connectivity index (χ2n) is 10.7. The van der Waals surface area contributed by atoms with Gasteiger partial charge < -0.3 is 29.9 Å². The zero-order chi connectivity index (χ0) is 26.9. The number of amides is 2. The zero-order valence-electron chi connectivity index (χ0n) is 22.1. The molecular weight excluding hydrogens is 484 g/mol. The Labute approximate surface area is 223 Å². The molecule has 3 aliphatic heterocycles. The molecule has 2 N–H and O–H groups in total. The van der Waals surface area contributed by atoms with Crippen molar-refractivity contribution in [1.29, 1.82) is 0 Å². The molecule has 3 aliphatic rings. The van der Waals surface area contributed by atoms with Crippen LogP contribution in [0.5, 0.6) is 5.75 Å². The number of anilines is 1. The van der Waals surface area contributed by atoms with E-state index in [0.29, 0.717) is 74.6 Å². The Bertz CT molecular complexity index is 1200. The van der Waals surface area contributed by atoms with Crippen LogP contribution in [0.1, 0.15) is 40.2 Å². The van der Waals surface area contributed by atoms with Gasteiger partial charge in [-0.25, -0.2) is 0 Å². The fraction of sp³-hybridized carbons (Fsp3) is 0.483. The topological polar surface area (TPSA) is 102 Å². The third-order valence-electron chi connectivity index (χ3n) is 8.15. The summed E-state index contributed by atoms with van der Waals surface area (Å²) in [7, 11) is 3.51. The largest absolute Gasteiger partial charge is 0.496 e. The average molecular weight is 521 g/mol. The van der Waals surface area contributed by atoms with Crippen molar-refractivity contribution < 1.29 is 24.2 Å². The highest BCUT2D eigenvalue weighted by atomic mass is 16.5. The quantitative estimate of drug-likeness (QED) is 0.560. The highest BCUT2D eigenvalue weighted by Crippen LogP contribution is 2.38. The van der Waals surface area contributed by atoms with Gasteiger partial charge in [0.15, 0.2) is 0 Å². The molecule has 9 nitrogen and oxygen atoms in total. The van der Waals surface area contributed by atoms with Gasteiger partial charge >= 0.3 is 0 Å². The van der Waals surface area contributed by atoms with Crippen LogP contribution in [0, 0.1) is 0 Å². The Balaban J connectivity index is 1.30. The standard InChI is InChI=1S/C29H36N4O5/c1-31-12-14-33(15-13-31)28(36)26(34)23-19-30-24-17-25(38-2)22(16-21(23)24)27(35)32-10-8-29(37,9-11-32)18-20-6-4-3-5-7-20/h3-7,16-17,23,30,37H,8-15,18-19H2,1-2H3. The Hall–Kier alpha value is -3.43. The van der Waals surface area contributed by atoms with E-state index in [9.17, 15) is 19.5 Å². The number of likely N-dealkylation sites (tertiary alicyclic amines) is 1. The van der Waals surface area contributed by atoms with E-state index >= 15 is 0 Å². The second-order valence-corrected chi connectivity index (χ2v) is 10.7. The molecule has 38 heavy (non-hydrogen) atoms. The van der Waals surface area contributed by atoms with Crippen LogP contribution in [0.25, 0.3) is 0 Å². The molecule has 0 bridgehead atoms. The SMILES string of the molecule is COc1cc2c(cc1C(=O)N1CCC(O)(Cc3ccccc3)CC1)C(C(=O)C(=O)N1CCN(C)CC1)CN2. The number of Topliss-reactive ketones (excluding diaryl/α,β-unsaturated/α-hetero) is 1. The maximum atomic E-state index is 13.6. The number of carbonyl (C=O) groups is 3. The Morgan fingerprint density at radius 1 is 1.00 bits per heavy atom. The predicted molar refractivity (Wildman–Crippen MR) is 144 cm³/mol.